The van der Waals surface area contributed by atoms with Crippen molar-refractivity contribution in [1.29, 1.82) is 0 Å². The van der Waals surface area contributed by atoms with Crippen LogP contribution in [0.2, 0.25) is 0 Å². The number of pyridine rings is 1. The molecule has 1 aliphatic heterocycles. The molecule has 0 bridgehead atoms. The third-order valence-electron chi connectivity index (χ3n) is 3.55. The number of thioether (sulfide) groups is 1. The summed E-state index contributed by atoms with van der Waals surface area (Å²) >= 11 is 2.06. The summed E-state index contributed by atoms with van der Waals surface area (Å²) in [6.07, 6.45) is 5.81. The van der Waals surface area contributed by atoms with Crippen molar-refractivity contribution in [3.63, 3.8) is 0 Å². The molecule has 0 spiro atoms. The maximum Gasteiger partial charge on any atom is 0.160 e. The van der Waals surface area contributed by atoms with Crippen molar-refractivity contribution in [2.45, 2.75) is 44.9 Å². The SMILES string of the molecule is CC(C)Cn1c(C2CCCCS2)nc2cccnc21. The Bertz CT molecular complexity index is 556. The summed E-state index contributed by atoms with van der Waals surface area (Å²) in [6, 6.07) is 4.06. The topological polar surface area (TPSA) is 30.7 Å². The molecule has 3 nitrogen and oxygen atoms in total. The van der Waals surface area contributed by atoms with Crippen LogP contribution in [0.15, 0.2) is 18.3 Å². The van der Waals surface area contributed by atoms with E-state index in [9.17, 15) is 0 Å². The van der Waals surface area contributed by atoms with Gasteiger partial charge < -0.3 is 4.57 Å². The first-order valence-electron chi connectivity index (χ1n) is 7.18. The van der Waals surface area contributed by atoms with Gasteiger partial charge in [0.1, 0.15) is 11.3 Å². The Morgan fingerprint density at radius 3 is 3.05 bits per heavy atom. The van der Waals surface area contributed by atoms with E-state index in [1.54, 1.807) is 0 Å². The lowest BCUT2D eigenvalue weighted by Crippen LogP contribution is -2.13. The molecule has 0 aromatic carbocycles. The smallest absolute Gasteiger partial charge is 0.160 e. The van der Waals surface area contributed by atoms with Crippen LogP contribution >= 0.6 is 11.8 Å². The minimum Gasteiger partial charge on any atom is -0.312 e. The summed E-state index contributed by atoms with van der Waals surface area (Å²) in [5.74, 6) is 3.13. The van der Waals surface area contributed by atoms with Gasteiger partial charge in [-0.15, -0.1) is 0 Å². The van der Waals surface area contributed by atoms with Crippen molar-refractivity contribution in [2.75, 3.05) is 5.75 Å². The van der Waals surface area contributed by atoms with Crippen LogP contribution in [0, 0.1) is 5.92 Å². The van der Waals surface area contributed by atoms with Crippen LogP contribution in [0.5, 0.6) is 0 Å². The van der Waals surface area contributed by atoms with E-state index >= 15 is 0 Å². The third kappa shape index (κ3) is 2.64. The zero-order valence-corrected chi connectivity index (χ0v) is 12.5. The summed E-state index contributed by atoms with van der Waals surface area (Å²) in [5.41, 5.74) is 2.10. The van der Waals surface area contributed by atoms with Crippen molar-refractivity contribution >= 4 is 22.9 Å². The highest BCUT2D eigenvalue weighted by Gasteiger charge is 2.23. The van der Waals surface area contributed by atoms with Crippen LogP contribution in [0.3, 0.4) is 0 Å². The third-order valence-corrected chi connectivity index (χ3v) is 4.92. The van der Waals surface area contributed by atoms with Gasteiger partial charge in [-0.2, -0.15) is 11.8 Å². The van der Waals surface area contributed by atoms with Crippen molar-refractivity contribution < 1.29 is 0 Å². The molecule has 3 rings (SSSR count). The van der Waals surface area contributed by atoms with Crippen LogP contribution < -0.4 is 0 Å². The molecule has 0 aliphatic carbocycles. The Morgan fingerprint density at radius 2 is 2.32 bits per heavy atom. The molecule has 1 atom stereocenters. The van der Waals surface area contributed by atoms with Gasteiger partial charge in [-0.1, -0.05) is 20.3 Å². The molecule has 1 fully saturated rings. The first kappa shape index (κ1) is 13.0. The molecule has 102 valence electrons. The zero-order chi connectivity index (χ0) is 13.2. The monoisotopic (exact) mass is 275 g/mol. The first-order chi connectivity index (χ1) is 9.25. The van der Waals surface area contributed by atoms with Gasteiger partial charge in [-0.3, -0.25) is 0 Å². The Balaban J connectivity index is 2.05. The van der Waals surface area contributed by atoms with E-state index < -0.39 is 0 Å². The van der Waals surface area contributed by atoms with E-state index in [1.165, 1.54) is 30.8 Å². The standard InChI is InChI=1S/C15H21N3S/c1-11(2)10-18-14-12(6-5-8-16-14)17-15(18)13-7-3-4-9-19-13/h5-6,8,11,13H,3-4,7,9-10H2,1-2H3. The number of rotatable bonds is 3. The molecule has 0 amide bonds. The lowest BCUT2D eigenvalue weighted by atomic mass is 10.1. The van der Waals surface area contributed by atoms with Gasteiger partial charge in [0, 0.05) is 12.7 Å². The second-order valence-corrected chi connectivity index (χ2v) is 6.99. The largest absolute Gasteiger partial charge is 0.312 e. The fourth-order valence-electron chi connectivity index (χ4n) is 2.71. The summed E-state index contributed by atoms with van der Waals surface area (Å²) < 4.78 is 2.35. The van der Waals surface area contributed by atoms with Crippen LogP contribution in [-0.4, -0.2) is 20.3 Å². The highest BCUT2D eigenvalue weighted by Crippen LogP contribution is 2.38. The molecule has 1 unspecified atom stereocenters. The predicted molar refractivity (Wildman–Crippen MR) is 81.4 cm³/mol. The maximum atomic E-state index is 4.87. The van der Waals surface area contributed by atoms with Crippen molar-refractivity contribution in [2.24, 2.45) is 5.92 Å². The summed E-state index contributed by atoms with van der Waals surface area (Å²) in [6.45, 7) is 5.53. The fraction of sp³-hybridized carbons (Fsp3) is 0.600. The van der Waals surface area contributed by atoms with E-state index in [-0.39, 0.29) is 0 Å². The van der Waals surface area contributed by atoms with Crippen molar-refractivity contribution in [3.8, 4) is 0 Å². The fourth-order valence-corrected chi connectivity index (χ4v) is 4.03. The predicted octanol–water partition coefficient (Wildman–Crippen LogP) is 4.05. The zero-order valence-electron chi connectivity index (χ0n) is 11.7. The highest BCUT2D eigenvalue weighted by molar-refractivity contribution is 7.99. The molecule has 1 saturated heterocycles. The Labute approximate surface area is 118 Å². The molecule has 1 aliphatic rings. The molecule has 4 heteroatoms. The molecule has 2 aromatic heterocycles. The number of hydrogen-bond donors (Lipinski definition) is 0. The number of fused-ring (bicyclic) bond motifs is 1. The van der Waals surface area contributed by atoms with Crippen LogP contribution in [0.25, 0.3) is 11.2 Å². The number of aromatic nitrogens is 3. The summed E-state index contributed by atoms with van der Waals surface area (Å²) in [7, 11) is 0. The van der Waals surface area contributed by atoms with Gasteiger partial charge in [-0.05, 0) is 36.6 Å². The molecule has 0 radical (unpaired) electrons. The maximum absolute atomic E-state index is 4.87. The molecule has 19 heavy (non-hydrogen) atoms. The summed E-state index contributed by atoms with van der Waals surface area (Å²) in [5, 5.41) is 0.557. The molecule has 0 N–H and O–H groups in total. The summed E-state index contributed by atoms with van der Waals surface area (Å²) in [4.78, 5) is 9.41. The average Bonchev–Trinajstić information content (AvgIpc) is 2.78. The van der Waals surface area contributed by atoms with Crippen LogP contribution in [0.4, 0.5) is 0 Å². The van der Waals surface area contributed by atoms with E-state index in [4.69, 9.17) is 4.98 Å². The Morgan fingerprint density at radius 1 is 1.42 bits per heavy atom. The lowest BCUT2D eigenvalue weighted by molar-refractivity contribution is 0.505. The van der Waals surface area contributed by atoms with Crippen molar-refractivity contribution in [1.82, 2.24) is 14.5 Å². The van der Waals surface area contributed by atoms with E-state index in [2.05, 4.69) is 41.2 Å². The van der Waals surface area contributed by atoms with Gasteiger partial charge in [0.2, 0.25) is 0 Å². The van der Waals surface area contributed by atoms with E-state index in [0.717, 1.165) is 17.7 Å². The number of imidazole rings is 1. The lowest BCUT2D eigenvalue weighted by Gasteiger charge is -2.22. The van der Waals surface area contributed by atoms with E-state index in [1.807, 2.05) is 12.3 Å². The first-order valence-corrected chi connectivity index (χ1v) is 8.23. The number of hydrogen-bond acceptors (Lipinski definition) is 3. The Kier molecular flexibility index (Phi) is 3.78. The van der Waals surface area contributed by atoms with Gasteiger partial charge in [0.25, 0.3) is 0 Å². The average molecular weight is 275 g/mol. The molecule has 2 aromatic rings. The minimum atomic E-state index is 0.557. The number of nitrogens with zero attached hydrogens (tertiary/aromatic N) is 3. The molecular formula is C15H21N3S. The highest BCUT2D eigenvalue weighted by atomic mass is 32.2. The second kappa shape index (κ2) is 5.53. The van der Waals surface area contributed by atoms with Gasteiger partial charge in [-0.25, -0.2) is 9.97 Å². The van der Waals surface area contributed by atoms with Crippen LogP contribution in [-0.2, 0) is 6.54 Å². The molecule has 0 saturated carbocycles. The second-order valence-electron chi connectivity index (χ2n) is 5.68. The quantitative estimate of drug-likeness (QED) is 0.847. The molecule has 3 heterocycles. The van der Waals surface area contributed by atoms with Crippen molar-refractivity contribution in [3.05, 3.63) is 24.2 Å². The van der Waals surface area contributed by atoms with E-state index in [0.29, 0.717) is 11.2 Å². The normalized spacial score (nSPS) is 20.3. The minimum absolute atomic E-state index is 0.557. The molecular weight excluding hydrogens is 254 g/mol. The van der Waals surface area contributed by atoms with Gasteiger partial charge in [0.15, 0.2) is 5.65 Å². The van der Waals surface area contributed by atoms with Gasteiger partial charge >= 0.3 is 0 Å². The van der Waals surface area contributed by atoms with Gasteiger partial charge in [0.05, 0.1) is 5.25 Å². The van der Waals surface area contributed by atoms with Crippen LogP contribution in [0.1, 0.15) is 44.2 Å². The Hall–Kier alpha value is -1.03.